The van der Waals surface area contributed by atoms with E-state index in [1.165, 1.54) is 4.90 Å². The van der Waals surface area contributed by atoms with Gasteiger partial charge in [-0.25, -0.2) is 0 Å². The highest BCUT2D eigenvalue weighted by Crippen LogP contribution is 2.58. The maximum absolute atomic E-state index is 14.3. The van der Waals surface area contributed by atoms with E-state index < -0.39 is 41.1 Å². The van der Waals surface area contributed by atoms with Gasteiger partial charge in [-0.2, -0.15) is 0 Å². The molecule has 1 unspecified atom stereocenters. The van der Waals surface area contributed by atoms with Gasteiger partial charge in [0.2, 0.25) is 5.91 Å². The van der Waals surface area contributed by atoms with Gasteiger partial charge in [-0.3, -0.25) is 14.4 Å². The van der Waals surface area contributed by atoms with Crippen LogP contribution in [0.5, 0.6) is 0 Å². The summed E-state index contributed by atoms with van der Waals surface area (Å²) in [4.78, 5) is 45.1. The lowest BCUT2D eigenvalue weighted by Crippen LogP contribution is -2.58. The smallest absolute Gasteiger partial charge is 0.313 e. The Balaban J connectivity index is 1.67. The molecule has 2 saturated heterocycles. The zero-order valence-electron chi connectivity index (χ0n) is 21.1. The van der Waals surface area contributed by atoms with Crippen molar-refractivity contribution >= 4 is 35.1 Å². The van der Waals surface area contributed by atoms with Crippen LogP contribution in [0.1, 0.15) is 39.5 Å². The lowest BCUT2D eigenvalue weighted by Gasteiger charge is -2.40. The van der Waals surface area contributed by atoms with Crippen molar-refractivity contribution < 1.29 is 29.0 Å². The van der Waals surface area contributed by atoms with Crippen molar-refractivity contribution in [1.82, 2.24) is 4.90 Å². The number of aliphatic hydroxyl groups is 1. The number of rotatable bonds is 4. The van der Waals surface area contributed by atoms with Crippen molar-refractivity contribution in [2.75, 3.05) is 24.7 Å². The van der Waals surface area contributed by atoms with E-state index in [-0.39, 0.29) is 31.6 Å². The number of fused-ring (bicyclic) bond motifs is 2. The molecule has 8 nitrogen and oxygen atoms in total. The number of hydrogen-bond acceptors (Lipinski definition) is 6. The van der Waals surface area contributed by atoms with Crippen molar-refractivity contribution in [3.8, 4) is 0 Å². The van der Waals surface area contributed by atoms with Crippen molar-refractivity contribution in [2.45, 2.75) is 62.8 Å². The van der Waals surface area contributed by atoms with E-state index in [1.54, 1.807) is 42.2 Å². The van der Waals surface area contributed by atoms with Crippen molar-refractivity contribution in [3.05, 3.63) is 53.6 Å². The molecule has 2 fully saturated rings. The molecule has 198 valence electrons. The Bertz CT molecular complexity index is 1140. The monoisotopic (exact) mass is 528 g/mol. The van der Waals surface area contributed by atoms with E-state index in [0.29, 0.717) is 17.1 Å². The molecule has 9 heteroatoms. The van der Waals surface area contributed by atoms with Crippen molar-refractivity contribution in [2.24, 2.45) is 11.8 Å². The summed E-state index contributed by atoms with van der Waals surface area (Å²) in [5.74, 6) is -3.09. The van der Waals surface area contributed by atoms with E-state index >= 15 is 0 Å². The van der Waals surface area contributed by atoms with Gasteiger partial charge < -0.3 is 24.4 Å². The van der Waals surface area contributed by atoms with E-state index in [4.69, 9.17) is 21.1 Å². The maximum atomic E-state index is 14.3. The van der Waals surface area contributed by atoms with Crippen LogP contribution in [-0.4, -0.2) is 70.8 Å². The average Bonchev–Trinajstić information content (AvgIpc) is 3.26. The fourth-order valence-electron chi connectivity index (χ4n) is 6.39. The minimum atomic E-state index is -1.39. The number of carbonyl (C=O) groups is 3. The number of aliphatic hydroxyl groups excluding tert-OH is 1. The summed E-state index contributed by atoms with van der Waals surface area (Å²) >= 11 is 6.08. The fraction of sp³-hybridized carbons (Fsp3) is 0.536. The van der Waals surface area contributed by atoms with Crippen LogP contribution in [0.4, 0.5) is 5.69 Å². The molecular formula is C28H33ClN2O6. The number of halogens is 1. The van der Waals surface area contributed by atoms with Gasteiger partial charge in [0.05, 0.1) is 25.2 Å². The predicted molar refractivity (Wildman–Crippen MR) is 138 cm³/mol. The number of esters is 1. The summed E-state index contributed by atoms with van der Waals surface area (Å²) in [7, 11) is 0. The quantitative estimate of drug-likeness (QED) is 0.476. The highest BCUT2D eigenvalue weighted by molar-refractivity contribution is 6.30. The van der Waals surface area contributed by atoms with Crippen molar-refractivity contribution in [3.63, 3.8) is 0 Å². The third kappa shape index (κ3) is 4.01. The standard InChI is InChI=1S/C28H33ClN2O6/c1-3-27-13-6-4-5-7-16-36-26(35)22(27)21-24(33)31(18(2)17-32)23-25(34)30(15-8-14-28(21,23)37-27)20-11-9-19(29)10-12-20/h6,8-14,18,21-23,32H,3-5,7,15-17H2,1-2H3/b13-6-/t18-,21+,22+,23?,27-,28+/m1/s1. The Kier molecular flexibility index (Phi) is 6.94. The first kappa shape index (κ1) is 25.9. The van der Waals surface area contributed by atoms with E-state index in [2.05, 4.69) is 0 Å². The minimum Gasteiger partial charge on any atom is -0.465 e. The van der Waals surface area contributed by atoms with Crippen LogP contribution in [-0.2, 0) is 23.9 Å². The number of ether oxygens (including phenoxy) is 2. The summed E-state index contributed by atoms with van der Waals surface area (Å²) in [6.45, 7) is 3.81. The molecule has 0 aliphatic carbocycles. The van der Waals surface area contributed by atoms with E-state index in [9.17, 15) is 19.5 Å². The Morgan fingerprint density at radius 2 is 1.84 bits per heavy atom. The molecule has 4 aliphatic rings. The van der Waals surface area contributed by atoms with Crippen LogP contribution in [0.25, 0.3) is 0 Å². The first-order valence-corrected chi connectivity index (χ1v) is 13.4. The molecule has 1 N–H and O–H groups in total. The second-order valence-corrected chi connectivity index (χ2v) is 10.7. The molecule has 0 radical (unpaired) electrons. The second-order valence-electron chi connectivity index (χ2n) is 10.3. The molecule has 1 aromatic carbocycles. The maximum Gasteiger partial charge on any atom is 0.313 e. The topological polar surface area (TPSA) is 96.4 Å². The van der Waals surface area contributed by atoms with Gasteiger partial charge in [-0.05, 0) is 56.9 Å². The van der Waals surface area contributed by atoms with Gasteiger partial charge in [0.15, 0.2) is 0 Å². The number of hydrogen-bond donors (Lipinski definition) is 1. The van der Waals surface area contributed by atoms with Crippen LogP contribution in [0.2, 0.25) is 5.02 Å². The van der Waals surface area contributed by atoms with E-state index in [1.807, 2.05) is 25.2 Å². The van der Waals surface area contributed by atoms with Gasteiger partial charge in [0.1, 0.15) is 23.2 Å². The molecule has 0 bridgehead atoms. The SMILES string of the molecule is CC[C@@]12/C=C\CCCCOC(=O)[C@@H]1[C@H]1C(=O)N([C@H](C)CO)C3C(=O)N(c4ccc(Cl)cc4)CC=C[C@@]31O2. The van der Waals surface area contributed by atoms with Crippen LogP contribution in [0.15, 0.2) is 48.6 Å². The number of likely N-dealkylation sites (tertiary alicyclic amines) is 1. The van der Waals surface area contributed by atoms with Crippen LogP contribution < -0.4 is 4.90 Å². The number of benzene rings is 1. The highest BCUT2D eigenvalue weighted by atomic mass is 35.5. The van der Waals surface area contributed by atoms with Crippen LogP contribution >= 0.6 is 11.6 Å². The molecule has 6 atom stereocenters. The number of allylic oxidation sites excluding steroid dienone is 1. The molecule has 0 aromatic heterocycles. The number of cyclic esters (lactones) is 1. The zero-order valence-corrected chi connectivity index (χ0v) is 21.9. The number of nitrogens with zero attached hydrogens (tertiary/aromatic N) is 2. The Hall–Kier alpha value is -2.68. The zero-order chi connectivity index (χ0) is 26.4. The Morgan fingerprint density at radius 1 is 1.08 bits per heavy atom. The van der Waals surface area contributed by atoms with Gasteiger partial charge in [0.25, 0.3) is 5.91 Å². The number of anilines is 1. The summed E-state index contributed by atoms with van der Waals surface area (Å²) in [5.41, 5.74) is -1.86. The summed E-state index contributed by atoms with van der Waals surface area (Å²) in [6, 6.07) is 5.20. The average molecular weight is 529 g/mol. The van der Waals surface area contributed by atoms with Crippen LogP contribution in [0.3, 0.4) is 0 Å². The number of amides is 2. The third-order valence-electron chi connectivity index (χ3n) is 8.20. The second kappa shape index (κ2) is 9.89. The summed E-state index contributed by atoms with van der Waals surface area (Å²) in [5, 5.41) is 10.6. The molecule has 4 heterocycles. The summed E-state index contributed by atoms with van der Waals surface area (Å²) < 4.78 is 12.6. The Morgan fingerprint density at radius 3 is 2.54 bits per heavy atom. The lowest BCUT2D eigenvalue weighted by molar-refractivity contribution is -0.161. The molecule has 37 heavy (non-hydrogen) atoms. The molecular weight excluding hydrogens is 496 g/mol. The molecule has 2 amide bonds. The van der Waals surface area contributed by atoms with E-state index in [0.717, 1.165) is 19.3 Å². The van der Waals surface area contributed by atoms with Crippen LogP contribution in [0, 0.1) is 11.8 Å². The van der Waals surface area contributed by atoms with Gasteiger partial charge in [0, 0.05) is 17.3 Å². The van der Waals surface area contributed by atoms with Gasteiger partial charge >= 0.3 is 5.97 Å². The molecule has 1 spiro atoms. The normalized spacial score (nSPS) is 35.4. The highest BCUT2D eigenvalue weighted by Gasteiger charge is 2.75. The lowest BCUT2D eigenvalue weighted by atomic mass is 9.73. The molecule has 0 saturated carbocycles. The first-order chi connectivity index (χ1) is 17.8. The largest absolute Gasteiger partial charge is 0.465 e. The first-order valence-electron chi connectivity index (χ1n) is 13.0. The van der Waals surface area contributed by atoms with Gasteiger partial charge in [-0.1, -0.05) is 42.8 Å². The summed E-state index contributed by atoms with van der Waals surface area (Å²) in [6.07, 6.45) is 10.4. The van der Waals surface area contributed by atoms with Gasteiger partial charge in [-0.15, -0.1) is 0 Å². The fourth-order valence-corrected chi connectivity index (χ4v) is 6.52. The molecule has 4 aliphatic heterocycles. The minimum absolute atomic E-state index is 0.258. The molecule has 1 aromatic rings. The third-order valence-corrected chi connectivity index (χ3v) is 8.45. The predicted octanol–water partition coefficient (Wildman–Crippen LogP) is 3.27. The van der Waals surface area contributed by atoms with Crippen molar-refractivity contribution in [1.29, 1.82) is 0 Å². The number of carbonyl (C=O) groups excluding carboxylic acids is 3. The Labute approximate surface area is 221 Å². The molecule has 5 rings (SSSR count).